The second-order valence-corrected chi connectivity index (χ2v) is 16.2. The SMILES string of the molecule is CCCCCCCCCC(=O)OC[C@H]1O[C@@H](OC(=O)CCCCCCCCC)[C@H](N)[C@@H](OC(=O)CCCCCCCCC)[C@@H]1OC(=O)CCCCCCCCC. The van der Waals surface area contributed by atoms with Gasteiger partial charge in [-0.1, -0.05) is 182 Å². The monoisotopic (exact) mass is 796 g/mol. The molecule has 0 bridgehead atoms. The van der Waals surface area contributed by atoms with Crippen LogP contribution in [0.1, 0.15) is 233 Å². The van der Waals surface area contributed by atoms with E-state index in [1.807, 2.05) is 0 Å². The van der Waals surface area contributed by atoms with Gasteiger partial charge in [-0.3, -0.25) is 19.2 Å². The van der Waals surface area contributed by atoms with Crippen LogP contribution in [0.15, 0.2) is 0 Å². The zero-order valence-corrected chi connectivity index (χ0v) is 36.5. The molecule has 0 spiro atoms. The molecule has 0 unspecified atom stereocenters. The Balaban J connectivity index is 3.05. The third kappa shape index (κ3) is 26.7. The van der Waals surface area contributed by atoms with Gasteiger partial charge in [0.15, 0.2) is 12.2 Å². The fourth-order valence-electron chi connectivity index (χ4n) is 7.22. The van der Waals surface area contributed by atoms with Gasteiger partial charge in [0.1, 0.15) is 18.8 Å². The van der Waals surface area contributed by atoms with Crippen LogP contribution in [0.2, 0.25) is 0 Å². The molecule has 0 aliphatic carbocycles. The number of unbranched alkanes of at least 4 members (excludes halogenated alkanes) is 24. The van der Waals surface area contributed by atoms with Gasteiger partial charge >= 0.3 is 23.9 Å². The molecule has 10 heteroatoms. The smallest absolute Gasteiger partial charge is 0.308 e. The van der Waals surface area contributed by atoms with Crippen LogP contribution in [0.5, 0.6) is 0 Å². The minimum atomic E-state index is -1.27. The number of nitrogens with two attached hydrogens (primary N) is 1. The van der Waals surface area contributed by atoms with Crippen LogP contribution >= 0.6 is 0 Å². The summed E-state index contributed by atoms with van der Waals surface area (Å²) in [6, 6.07) is -1.11. The predicted molar refractivity (Wildman–Crippen MR) is 224 cm³/mol. The Kier molecular flexibility index (Phi) is 33.2. The molecular weight excluding hydrogens is 711 g/mol. The maximum Gasteiger partial charge on any atom is 0.308 e. The number of hydrogen-bond donors (Lipinski definition) is 1. The first-order valence-electron chi connectivity index (χ1n) is 23.4. The first-order valence-corrected chi connectivity index (χ1v) is 23.4. The van der Waals surface area contributed by atoms with Gasteiger partial charge in [0, 0.05) is 25.7 Å². The van der Waals surface area contributed by atoms with Crippen LogP contribution < -0.4 is 5.73 Å². The molecule has 0 radical (unpaired) electrons. The van der Waals surface area contributed by atoms with Crippen LogP contribution in [0.3, 0.4) is 0 Å². The number of ether oxygens (including phenoxy) is 5. The van der Waals surface area contributed by atoms with E-state index in [1.54, 1.807) is 0 Å². The highest BCUT2D eigenvalue weighted by Gasteiger charge is 2.50. The number of hydrogen-bond acceptors (Lipinski definition) is 10. The molecule has 1 heterocycles. The third-order valence-corrected chi connectivity index (χ3v) is 10.8. The minimum Gasteiger partial charge on any atom is -0.463 e. The summed E-state index contributed by atoms with van der Waals surface area (Å²) in [6.45, 7) is 8.49. The Bertz CT molecular complexity index is 960. The minimum absolute atomic E-state index is 0.192. The summed E-state index contributed by atoms with van der Waals surface area (Å²) >= 11 is 0. The van der Waals surface area contributed by atoms with Gasteiger partial charge < -0.3 is 29.4 Å². The molecule has 10 nitrogen and oxygen atoms in total. The fourth-order valence-corrected chi connectivity index (χ4v) is 7.22. The van der Waals surface area contributed by atoms with E-state index in [0.717, 1.165) is 83.5 Å². The van der Waals surface area contributed by atoms with E-state index in [1.165, 1.54) is 77.0 Å². The summed E-state index contributed by atoms with van der Waals surface area (Å²) in [7, 11) is 0. The van der Waals surface area contributed by atoms with Gasteiger partial charge in [-0.25, -0.2) is 0 Å². The van der Waals surface area contributed by atoms with Crippen molar-refractivity contribution in [3.05, 3.63) is 0 Å². The largest absolute Gasteiger partial charge is 0.463 e. The van der Waals surface area contributed by atoms with E-state index < -0.39 is 48.6 Å². The van der Waals surface area contributed by atoms with Gasteiger partial charge in [0.05, 0.1) is 0 Å². The molecule has 1 aliphatic rings. The van der Waals surface area contributed by atoms with Crippen molar-refractivity contribution in [1.29, 1.82) is 0 Å². The molecule has 2 N–H and O–H groups in total. The molecule has 0 saturated carbocycles. The molecule has 0 aromatic carbocycles. The second kappa shape index (κ2) is 35.9. The number of carbonyl (C=O) groups excluding carboxylic acids is 4. The van der Waals surface area contributed by atoms with E-state index >= 15 is 0 Å². The molecule has 328 valence electrons. The Morgan fingerprint density at radius 2 is 0.714 bits per heavy atom. The molecule has 0 amide bonds. The van der Waals surface area contributed by atoms with Gasteiger partial charge in [-0.2, -0.15) is 0 Å². The summed E-state index contributed by atoms with van der Waals surface area (Å²) < 4.78 is 29.7. The summed E-state index contributed by atoms with van der Waals surface area (Å²) in [6.07, 6.45) is 25.8. The lowest BCUT2D eigenvalue weighted by molar-refractivity contribution is -0.268. The lowest BCUT2D eigenvalue weighted by atomic mass is 9.96. The number of rotatable bonds is 37. The standard InChI is InChI=1S/C46H85NO9/c1-5-9-13-17-21-25-29-33-39(48)52-37-38-44(54-40(49)34-30-26-22-18-14-10-6-2)45(55-41(50)35-31-27-23-19-15-11-7-3)43(47)46(53-38)56-42(51)36-32-28-24-20-16-12-8-4/h38,43-46H,5-37,47H2,1-4H3/t38-,43-,44-,45-,46+/m1/s1. The normalized spacial score (nSPS) is 19.4. The van der Waals surface area contributed by atoms with Crippen molar-refractivity contribution in [3.8, 4) is 0 Å². The van der Waals surface area contributed by atoms with Crippen molar-refractivity contribution in [3.63, 3.8) is 0 Å². The van der Waals surface area contributed by atoms with E-state index in [0.29, 0.717) is 19.3 Å². The van der Waals surface area contributed by atoms with Gasteiger partial charge in [0.2, 0.25) is 6.29 Å². The van der Waals surface area contributed by atoms with E-state index in [9.17, 15) is 19.2 Å². The highest BCUT2D eigenvalue weighted by molar-refractivity contribution is 5.71. The highest BCUT2D eigenvalue weighted by atomic mass is 16.7. The Hall–Kier alpha value is -2.20. The second-order valence-electron chi connectivity index (χ2n) is 16.2. The van der Waals surface area contributed by atoms with E-state index in [2.05, 4.69) is 27.7 Å². The first-order chi connectivity index (χ1) is 27.3. The van der Waals surface area contributed by atoms with Crippen LogP contribution in [-0.4, -0.2) is 61.1 Å². The molecule has 56 heavy (non-hydrogen) atoms. The Labute approximate surface area is 342 Å². The Morgan fingerprint density at radius 3 is 1.09 bits per heavy atom. The topological polar surface area (TPSA) is 140 Å². The van der Waals surface area contributed by atoms with Gasteiger partial charge in [-0.05, 0) is 25.7 Å². The predicted octanol–water partition coefficient (Wildman–Crippen LogP) is 11.5. The lowest BCUT2D eigenvalue weighted by Gasteiger charge is -2.43. The van der Waals surface area contributed by atoms with Crippen molar-refractivity contribution in [2.45, 2.75) is 264 Å². The lowest BCUT2D eigenvalue weighted by Crippen LogP contribution is -2.65. The van der Waals surface area contributed by atoms with Gasteiger partial charge in [0.25, 0.3) is 0 Å². The van der Waals surface area contributed by atoms with Crippen molar-refractivity contribution < 1.29 is 42.9 Å². The number of esters is 4. The molecular formula is C46H85NO9. The maximum atomic E-state index is 13.3. The zero-order valence-electron chi connectivity index (χ0n) is 36.5. The van der Waals surface area contributed by atoms with E-state index in [4.69, 9.17) is 29.4 Å². The average molecular weight is 796 g/mol. The third-order valence-electron chi connectivity index (χ3n) is 10.8. The Morgan fingerprint density at radius 1 is 0.411 bits per heavy atom. The van der Waals surface area contributed by atoms with Crippen molar-refractivity contribution in [1.82, 2.24) is 0 Å². The molecule has 5 atom stereocenters. The molecule has 1 fully saturated rings. The highest BCUT2D eigenvalue weighted by Crippen LogP contribution is 2.28. The van der Waals surface area contributed by atoms with Crippen LogP contribution in [0.25, 0.3) is 0 Å². The molecule has 1 rings (SSSR count). The summed E-state index contributed by atoms with van der Waals surface area (Å²) in [5.74, 6) is -1.76. The summed E-state index contributed by atoms with van der Waals surface area (Å²) in [4.78, 5) is 52.5. The molecule has 0 aromatic rings. The van der Waals surface area contributed by atoms with Crippen LogP contribution in [-0.2, 0) is 42.9 Å². The van der Waals surface area contributed by atoms with Crippen LogP contribution in [0, 0.1) is 0 Å². The van der Waals surface area contributed by atoms with Crippen molar-refractivity contribution in [2.75, 3.05) is 6.61 Å². The fraction of sp³-hybridized carbons (Fsp3) is 0.913. The maximum absolute atomic E-state index is 13.3. The van der Waals surface area contributed by atoms with Crippen LogP contribution in [0.4, 0.5) is 0 Å². The molecule has 1 aliphatic heterocycles. The summed E-state index contributed by atoms with van der Waals surface area (Å²) in [5, 5.41) is 0. The number of carbonyl (C=O) groups is 4. The van der Waals surface area contributed by atoms with E-state index in [-0.39, 0.29) is 38.3 Å². The quantitative estimate of drug-likeness (QED) is 0.0367. The summed E-state index contributed by atoms with van der Waals surface area (Å²) in [5.41, 5.74) is 6.68. The van der Waals surface area contributed by atoms with Crippen molar-refractivity contribution >= 4 is 23.9 Å². The first kappa shape index (κ1) is 51.8. The molecule has 0 aromatic heterocycles. The van der Waals surface area contributed by atoms with Crippen molar-refractivity contribution in [2.24, 2.45) is 5.73 Å². The molecule has 1 saturated heterocycles. The average Bonchev–Trinajstić information content (AvgIpc) is 3.18. The zero-order chi connectivity index (χ0) is 41.1. The van der Waals surface area contributed by atoms with Gasteiger partial charge in [-0.15, -0.1) is 0 Å².